The van der Waals surface area contributed by atoms with Gasteiger partial charge in [-0.3, -0.25) is 9.78 Å². The molecule has 0 aliphatic rings. The second kappa shape index (κ2) is 5.73. The molecule has 18 heavy (non-hydrogen) atoms. The van der Waals surface area contributed by atoms with Crippen LogP contribution in [0.1, 0.15) is 12.0 Å². The third-order valence-electron chi connectivity index (χ3n) is 2.56. The molecule has 94 valence electrons. The standard InChI is InChI=1S/C13H13NO3S/c15-11-4-3-9(8-18-7-5-12(16)17)10-2-1-6-14-13(10)11/h1-4,6,15H,5,7-8H2,(H,16,17). The van der Waals surface area contributed by atoms with Gasteiger partial charge in [0.1, 0.15) is 11.3 Å². The molecule has 0 fully saturated rings. The van der Waals surface area contributed by atoms with Crippen molar-refractivity contribution < 1.29 is 15.0 Å². The lowest BCUT2D eigenvalue weighted by Gasteiger charge is -2.06. The Morgan fingerprint density at radius 1 is 1.33 bits per heavy atom. The Morgan fingerprint density at radius 2 is 2.17 bits per heavy atom. The van der Waals surface area contributed by atoms with Gasteiger partial charge in [0, 0.05) is 23.1 Å². The molecule has 0 saturated carbocycles. The zero-order chi connectivity index (χ0) is 13.0. The van der Waals surface area contributed by atoms with E-state index in [0.29, 0.717) is 11.3 Å². The number of hydrogen-bond acceptors (Lipinski definition) is 4. The van der Waals surface area contributed by atoms with Crippen LogP contribution in [0.3, 0.4) is 0 Å². The van der Waals surface area contributed by atoms with E-state index in [1.807, 2.05) is 18.2 Å². The van der Waals surface area contributed by atoms with Crippen molar-refractivity contribution in [1.82, 2.24) is 4.98 Å². The van der Waals surface area contributed by atoms with Gasteiger partial charge in [0.2, 0.25) is 0 Å². The molecule has 0 radical (unpaired) electrons. The topological polar surface area (TPSA) is 70.4 Å². The van der Waals surface area contributed by atoms with E-state index in [1.165, 1.54) is 0 Å². The van der Waals surface area contributed by atoms with Crippen molar-refractivity contribution in [3.8, 4) is 5.75 Å². The summed E-state index contributed by atoms with van der Waals surface area (Å²) in [5.41, 5.74) is 1.65. The van der Waals surface area contributed by atoms with Crippen LogP contribution in [0.5, 0.6) is 5.75 Å². The smallest absolute Gasteiger partial charge is 0.304 e. The highest BCUT2D eigenvalue weighted by Gasteiger charge is 2.06. The molecule has 2 rings (SSSR count). The lowest BCUT2D eigenvalue weighted by atomic mass is 10.1. The number of hydrogen-bond donors (Lipinski definition) is 2. The molecule has 1 aromatic heterocycles. The van der Waals surface area contributed by atoms with Crippen LogP contribution in [0, 0.1) is 0 Å². The summed E-state index contributed by atoms with van der Waals surface area (Å²) in [5, 5.41) is 19.2. The van der Waals surface area contributed by atoms with Gasteiger partial charge in [0.25, 0.3) is 0 Å². The molecule has 5 heteroatoms. The summed E-state index contributed by atoms with van der Waals surface area (Å²) >= 11 is 1.57. The van der Waals surface area contributed by atoms with E-state index in [2.05, 4.69) is 4.98 Å². The zero-order valence-corrected chi connectivity index (χ0v) is 10.5. The molecule has 0 spiro atoms. The molecule has 4 nitrogen and oxygen atoms in total. The molecule has 0 unspecified atom stereocenters. The lowest BCUT2D eigenvalue weighted by molar-refractivity contribution is -0.136. The summed E-state index contributed by atoms with van der Waals surface area (Å²) in [4.78, 5) is 14.6. The number of phenols is 1. The van der Waals surface area contributed by atoms with Crippen LogP contribution in [0.4, 0.5) is 0 Å². The maximum Gasteiger partial charge on any atom is 0.304 e. The molecular formula is C13H13NO3S. The van der Waals surface area contributed by atoms with Gasteiger partial charge in [-0.2, -0.15) is 11.8 Å². The average Bonchev–Trinajstić information content (AvgIpc) is 2.37. The minimum atomic E-state index is -0.778. The van der Waals surface area contributed by atoms with Crippen molar-refractivity contribution >= 4 is 28.6 Å². The Kier molecular flexibility index (Phi) is 4.04. The van der Waals surface area contributed by atoms with Gasteiger partial charge < -0.3 is 10.2 Å². The van der Waals surface area contributed by atoms with Crippen molar-refractivity contribution in [2.75, 3.05) is 5.75 Å². The zero-order valence-electron chi connectivity index (χ0n) is 9.67. The summed E-state index contributed by atoms with van der Waals surface area (Å²) in [6, 6.07) is 7.22. The first-order valence-electron chi connectivity index (χ1n) is 5.53. The first-order valence-corrected chi connectivity index (χ1v) is 6.69. The van der Waals surface area contributed by atoms with Crippen LogP contribution < -0.4 is 0 Å². The normalized spacial score (nSPS) is 10.7. The number of thioether (sulfide) groups is 1. The third kappa shape index (κ3) is 2.92. The molecule has 0 atom stereocenters. The molecule has 1 aromatic carbocycles. The summed E-state index contributed by atoms with van der Waals surface area (Å²) in [6.07, 6.45) is 1.81. The fraction of sp³-hybridized carbons (Fsp3) is 0.231. The Bertz CT molecular complexity index is 571. The van der Waals surface area contributed by atoms with Crippen molar-refractivity contribution in [3.63, 3.8) is 0 Å². The van der Waals surface area contributed by atoms with Crippen LogP contribution in [0.15, 0.2) is 30.5 Å². The fourth-order valence-electron chi connectivity index (χ4n) is 1.68. The SMILES string of the molecule is O=C(O)CCSCc1ccc(O)c2ncccc12. The highest BCUT2D eigenvalue weighted by atomic mass is 32.2. The molecule has 0 aliphatic carbocycles. The number of pyridine rings is 1. The first-order chi connectivity index (χ1) is 8.68. The summed E-state index contributed by atoms with van der Waals surface area (Å²) in [7, 11) is 0. The number of carbonyl (C=O) groups is 1. The van der Waals surface area contributed by atoms with Gasteiger partial charge in [-0.15, -0.1) is 0 Å². The van der Waals surface area contributed by atoms with Crippen LogP contribution in [-0.2, 0) is 10.5 Å². The van der Waals surface area contributed by atoms with E-state index in [1.54, 1.807) is 24.0 Å². The summed E-state index contributed by atoms with van der Waals surface area (Å²) < 4.78 is 0. The van der Waals surface area contributed by atoms with E-state index in [9.17, 15) is 9.90 Å². The number of carboxylic acids is 1. The molecular weight excluding hydrogens is 250 g/mol. The van der Waals surface area contributed by atoms with Crippen LogP contribution >= 0.6 is 11.8 Å². The van der Waals surface area contributed by atoms with Gasteiger partial charge in [0.05, 0.1) is 6.42 Å². The largest absolute Gasteiger partial charge is 0.506 e. The molecule has 2 N–H and O–H groups in total. The van der Waals surface area contributed by atoms with Gasteiger partial charge >= 0.3 is 5.97 Å². The second-order valence-corrected chi connectivity index (χ2v) is 4.94. The minimum Gasteiger partial charge on any atom is -0.506 e. The number of carboxylic acid groups (broad SMARTS) is 1. The number of phenolic OH excluding ortho intramolecular Hbond substituents is 1. The molecule has 0 bridgehead atoms. The fourth-order valence-corrected chi connectivity index (χ4v) is 2.62. The Morgan fingerprint density at radius 3 is 2.94 bits per heavy atom. The highest BCUT2D eigenvalue weighted by molar-refractivity contribution is 7.98. The van der Waals surface area contributed by atoms with E-state index < -0.39 is 5.97 Å². The van der Waals surface area contributed by atoms with Gasteiger partial charge in [-0.1, -0.05) is 12.1 Å². The molecule has 0 saturated heterocycles. The number of fused-ring (bicyclic) bond motifs is 1. The average molecular weight is 263 g/mol. The van der Waals surface area contributed by atoms with Crippen molar-refractivity contribution in [3.05, 3.63) is 36.0 Å². The molecule has 0 amide bonds. The number of nitrogens with zero attached hydrogens (tertiary/aromatic N) is 1. The number of aromatic hydroxyl groups is 1. The predicted molar refractivity (Wildman–Crippen MR) is 71.8 cm³/mol. The number of aliphatic carboxylic acids is 1. The maximum absolute atomic E-state index is 10.4. The van der Waals surface area contributed by atoms with Gasteiger partial charge in [-0.25, -0.2) is 0 Å². The lowest BCUT2D eigenvalue weighted by Crippen LogP contribution is -1.96. The summed E-state index contributed by atoms with van der Waals surface area (Å²) in [5.74, 6) is 0.692. The van der Waals surface area contributed by atoms with Crippen molar-refractivity contribution in [2.24, 2.45) is 0 Å². The maximum atomic E-state index is 10.4. The highest BCUT2D eigenvalue weighted by Crippen LogP contribution is 2.27. The molecule has 0 aliphatic heterocycles. The monoisotopic (exact) mass is 263 g/mol. The van der Waals surface area contributed by atoms with Crippen LogP contribution in [0.2, 0.25) is 0 Å². The summed E-state index contributed by atoms with van der Waals surface area (Å²) in [6.45, 7) is 0. The molecule has 1 heterocycles. The number of rotatable bonds is 5. The van der Waals surface area contributed by atoms with Crippen LogP contribution in [0.25, 0.3) is 10.9 Å². The quantitative estimate of drug-likeness (QED) is 0.811. The van der Waals surface area contributed by atoms with E-state index >= 15 is 0 Å². The second-order valence-electron chi connectivity index (χ2n) is 3.84. The van der Waals surface area contributed by atoms with Crippen molar-refractivity contribution in [1.29, 1.82) is 0 Å². The van der Waals surface area contributed by atoms with E-state index in [0.717, 1.165) is 16.7 Å². The van der Waals surface area contributed by atoms with E-state index in [4.69, 9.17) is 5.11 Å². The number of benzene rings is 1. The Balaban J connectivity index is 2.14. The van der Waals surface area contributed by atoms with Gasteiger partial charge in [-0.05, 0) is 17.7 Å². The number of aromatic nitrogens is 1. The minimum absolute atomic E-state index is 0.166. The predicted octanol–water partition coefficient (Wildman–Crippen LogP) is 2.65. The molecule has 2 aromatic rings. The first kappa shape index (κ1) is 12.7. The Labute approximate surface area is 109 Å². The van der Waals surface area contributed by atoms with Gasteiger partial charge in [0.15, 0.2) is 0 Å². The third-order valence-corrected chi connectivity index (χ3v) is 3.56. The van der Waals surface area contributed by atoms with Crippen molar-refractivity contribution in [2.45, 2.75) is 12.2 Å². The van der Waals surface area contributed by atoms with E-state index in [-0.39, 0.29) is 12.2 Å². The Hall–Kier alpha value is -1.75. The van der Waals surface area contributed by atoms with Crippen LogP contribution in [-0.4, -0.2) is 26.9 Å².